The van der Waals surface area contributed by atoms with Crippen LogP contribution < -0.4 is 10.2 Å². The first kappa shape index (κ1) is 16.0. The topological polar surface area (TPSA) is 45.2 Å². The lowest BCUT2D eigenvalue weighted by molar-refractivity contribution is 0.102. The van der Waals surface area contributed by atoms with Gasteiger partial charge in [-0.1, -0.05) is 15.9 Å². The van der Waals surface area contributed by atoms with E-state index >= 15 is 0 Å². The second-order valence-electron chi connectivity index (χ2n) is 5.86. The Morgan fingerprint density at radius 1 is 1.17 bits per heavy atom. The van der Waals surface area contributed by atoms with Gasteiger partial charge in [0.15, 0.2) is 0 Å². The van der Waals surface area contributed by atoms with E-state index in [4.69, 9.17) is 0 Å². The average Bonchev–Trinajstić information content (AvgIpc) is 2.58. The van der Waals surface area contributed by atoms with Crippen molar-refractivity contribution in [1.82, 2.24) is 4.98 Å². The van der Waals surface area contributed by atoms with Crippen LogP contribution in [0.4, 0.5) is 11.4 Å². The van der Waals surface area contributed by atoms with E-state index in [1.165, 1.54) is 19.3 Å². The zero-order chi connectivity index (χ0) is 16.2. The number of aryl methyl sites for hydroxylation is 1. The summed E-state index contributed by atoms with van der Waals surface area (Å²) in [5.74, 6) is -0.180. The lowest BCUT2D eigenvalue weighted by Crippen LogP contribution is -2.29. The van der Waals surface area contributed by atoms with Gasteiger partial charge in [-0.25, -0.2) is 4.98 Å². The summed E-state index contributed by atoms with van der Waals surface area (Å²) in [5, 5.41) is 2.92. The average molecular weight is 374 g/mol. The molecule has 0 aliphatic carbocycles. The fraction of sp³-hybridized carbons (Fsp3) is 0.333. The van der Waals surface area contributed by atoms with Gasteiger partial charge in [0, 0.05) is 23.2 Å². The monoisotopic (exact) mass is 373 g/mol. The minimum atomic E-state index is -0.180. The second-order valence-corrected chi connectivity index (χ2v) is 6.78. The van der Waals surface area contributed by atoms with E-state index in [1.807, 2.05) is 31.2 Å². The number of carbonyl (C=O) groups excluding carboxylic acids is 1. The number of piperidine rings is 1. The van der Waals surface area contributed by atoms with Gasteiger partial charge < -0.3 is 10.2 Å². The molecule has 0 radical (unpaired) electrons. The molecule has 1 aromatic carbocycles. The summed E-state index contributed by atoms with van der Waals surface area (Å²) < 4.78 is 0.997. The van der Waals surface area contributed by atoms with Gasteiger partial charge >= 0.3 is 0 Å². The Morgan fingerprint density at radius 2 is 1.96 bits per heavy atom. The van der Waals surface area contributed by atoms with Gasteiger partial charge in [-0.15, -0.1) is 0 Å². The predicted molar refractivity (Wildman–Crippen MR) is 97.1 cm³/mol. The predicted octanol–water partition coefficient (Wildman–Crippen LogP) is 4.40. The summed E-state index contributed by atoms with van der Waals surface area (Å²) in [5.41, 5.74) is 3.35. The van der Waals surface area contributed by atoms with Gasteiger partial charge in [-0.3, -0.25) is 4.79 Å². The van der Waals surface area contributed by atoms with Crippen LogP contribution in [0.3, 0.4) is 0 Å². The molecule has 0 atom stereocenters. The third-order valence-electron chi connectivity index (χ3n) is 4.14. The third-order valence-corrected chi connectivity index (χ3v) is 4.63. The molecule has 1 aliphatic heterocycles. The van der Waals surface area contributed by atoms with Crippen LogP contribution in [0.1, 0.15) is 35.3 Å². The highest BCUT2D eigenvalue weighted by Gasteiger charge is 2.13. The van der Waals surface area contributed by atoms with Crippen LogP contribution in [0.5, 0.6) is 0 Å². The normalized spacial score (nSPS) is 14.6. The molecule has 1 N–H and O–H groups in total. The smallest absolute Gasteiger partial charge is 0.274 e. The number of hydrogen-bond acceptors (Lipinski definition) is 3. The standard InChI is InChI=1S/C18H20BrN3O/c1-13-11-14(19)5-7-16(13)21-18(23)17-8-6-15(12-20-17)22-9-3-2-4-10-22/h5-8,11-12H,2-4,9-10H2,1H3,(H,21,23). The van der Waals surface area contributed by atoms with Crippen molar-refractivity contribution < 1.29 is 4.79 Å². The van der Waals surface area contributed by atoms with Crippen LogP contribution >= 0.6 is 15.9 Å². The molecule has 1 saturated heterocycles. The minimum absolute atomic E-state index is 0.180. The van der Waals surface area contributed by atoms with E-state index in [9.17, 15) is 4.79 Å². The maximum absolute atomic E-state index is 12.3. The van der Waals surface area contributed by atoms with E-state index in [1.54, 1.807) is 12.3 Å². The Morgan fingerprint density at radius 3 is 2.61 bits per heavy atom. The molecule has 3 rings (SSSR count). The number of hydrogen-bond donors (Lipinski definition) is 1. The van der Waals surface area contributed by atoms with Crippen LogP contribution in [0, 0.1) is 6.92 Å². The molecule has 0 unspecified atom stereocenters. The van der Waals surface area contributed by atoms with Gasteiger partial charge in [0.2, 0.25) is 0 Å². The maximum Gasteiger partial charge on any atom is 0.274 e. The van der Waals surface area contributed by atoms with Gasteiger partial charge in [-0.2, -0.15) is 0 Å². The molecule has 2 aromatic rings. The number of aromatic nitrogens is 1. The molecule has 120 valence electrons. The van der Waals surface area contributed by atoms with E-state index in [0.29, 0.717) is 5.69 Å². The van der Waals surface area contributed by atoms with Crippen molar-refractivity contribution in [3.05, 3.63) is 52.3 Å². The van der Waals surface area contributed by atoms with Crippen molar-refractivity contribution in [1.29, 1.82) is 0 Å². The highest BCUT2D eigenvalue weighted by molar-refractivity contribution is 9.10. The van der Waals surface area contributed by atoms with Crippen molar-refractivity contribution in [3.63, 3.8) is 0 Å². The fourth-order valence-corrected chi connectivity index (χ4v) is 3.29. The zero-order valence-corrected chi connectivity index (χ0v) is 14.8. The first-order chi connectivity index (χ1) is 11.1. The largest absolute Gasteiger partial charge is 0.370 e. The summed E-state index contributed by atoms with van der Waals surface area (Å²) in [4.78, 5) is 19.0. The Kier molecular flexibility index (Phi) is 4.96. The molecular formula is C18H20BrN3O. The van der Waals surface area contributed by atoms with Crippen molar-refractivity contribution in [2.75, 3.05) is 23.3 Å². The highest BCUT2D eigenvalue weighted by Crippen LogP contribution is 2.22. The Hall–Kier alpha value is -1.88. The maximum atomic E-state index is 12.3. The lowest BCUT2D eigenvalue weighted by Gasteiger charge is -2.28. The lowest BCUT2D eigenvalue weighted by atomic mass is 10.1. The van der Waals surface area contributed by atoms with E-state index < -0.39 is 0 Å². The molecule has 23 heavy (non-hydrogen) atoms. The summed E-state index contributed by atoms with van der Waals surface area (Å²) in [6.07, 6.45) is 5.56. The van der Waals surface area contributed by atoms with Crippen molar-refractivity contribution in [3.8, 4) is 0 Å². The van der Waals surface area contributed by atoms with Gasteiger partial charge in [0.25, 0.3) is 5.91 Å². The molecule has 1 aromatic heterocycles. The minimum Gasteiger partial charge on any atom is -0.370 e. The quantitative estimate of drug-likeness (QED) is 0.867. The highest BCUT2D eigenvalue weighted by atomic mass is 79.9. The Balaban J connectivity index is 1.69. The van der Waals surface area contributed by atoms with Gasteiger partial charge in [0.1, 0.15) is 5.69 Å². The van der Waals surface area contributed by atoms with Crippen LogP contribution in [-0.2, 0) is 0 Å². The van der Waals surface area contributed by atoms with Gasteiger partial charge in [0.05, 0.1) is 11.9 Å². The molecule has 0 bridgehead atoms. The summed E-state index contributed by atoms with van der Waals surface area (Å²) in [6.45, 7) is 4.11. The molecule has 5 heteroatoms. The summed E-state index contributed by atoms with van der Waals surface area (Å²) >= 11 is 3.42. The molecule has 1 fully saturated rings. The van der Waals surface area contributed by atoms with Crippen LogP contribution in [0.15, 0.2) is 41.0 Å². The summed E-state index contributed by atoms with van der Waals surface area (Å²) in [7, 11) is 0. The van der Waals surface area contributed by atoms with Crippen LogP contribution in [0.25, 0.3) is 0 Å². The number of carbonyl (C=O) groups is 1. The molecular weight excluding hydrogens is 354 g/mol. The third kappa shape index (κ3) is 3.91. The van der Waals surface area contributed by atoms with E-state index in [0.717, 1.165) is 34.5 Å². The molecule has 0 spiro atoms. The van der Waals surface area contributed by atoms with Gasteiger partial charge in [-0.05, 0) is 62.1 Å². The second kappa shape index (κ2) is 7.13. The number of anilines is 2. The van der Waals surface area contributed by atoms with E-state index in [2.05, 4.69) is 31.1 Å². The summed E-state index contributed by atoms with van der Waals surface area (Å²) in [6, 6.07) is 9.56. The van der Waals surface area contributed by atoms with Crippen LogP contribution in [-0.4, -0.2) is 24.0 Å². The number of halogens is 1. The SMILES string of the molecule is Cc1cc(Br)ccc1NC(=O)c1ccc(N2CCCCC2)cn1. The number of amides is 1. The number of nitrogens with one attached hydrogen (secondary N) is 1. The molecule has 2 heterocycles. The first-order valence-electron chi connectivity index (χ1n) is 7.92. The molecule has 1 aliphatic rings. The number of nitrogens with zero attached hydrogens (tertiary/aromatic N) is 2. The molecule has 4 nitrogen and oxygen atoms in total. The van der Waals surface area contributed by atoms with Crippen molar-refractivity contribution in [2.24, 2.45) is 0 Å². The number of rotatable bonds is 3. The number of pyridine rings is 1. The first-order valence-corrected chi connectivity index (χ1v) is 8.71. The van der Waals surface area contributed by atoms with Crippen LogP contribution in [0.2, 0.25) is 0 Å². The van der Waals surface area contributed by atoms with Crippen molar-refractivity contribution in [2.45, 2.75) is 26.2 Å². The molecule has 1 amide bonds. The number of benzene rings is 1. The Labute approximate surface area is 145 Å². The molecule has 0 saturated carbocycles. The van der Waals surface area contributed by atoms with E-state index in [-0.39, 0.29) is 5.91 Å². The van der Waals surface area contributed by atoms with Crippen molar-refractivity contribution >= 4 is 33.2 Å². The Bertz CT molecular complexity index is 694. The fourth-order valence-electron chi connectivity index (χ4n) is 2.81. The zero-order valence-electron chi connectivity index (χ0n) is 13.2.